The third-order valence-electron chi connectivity index (χ3n) is 6.82. The number of alkyl halides is 1. The molecular weight excluding hydrogens is 621 g/mol. The van der Waals surface area contributed by atoms with Crippen molar-refractivity contribution in [3.05, 3.63) is 29.3 Å². The monoisotopic (exact) mass is 646 g/mol. The summed E-state index contributed by atoms with van der Waals surface area (Å²) in [6.45, 7) is -0.871. The van der Waals surface area contributed by atoms with E-state index in [1.807, 2.05) is 0 Å². The van der Waals surface area contributed by atoms with Crippen LogP contribution in [0.25, 0.3) is 22.3 Å². The first-order valence-corrected chi connectivity index (χ1v) is 15.1. The van der Waals surface area contributed by atoms with Gasteiger partial charge in [0.15, 0.2) is 35.1 Å². The summed E-state index contributed by atoms with van der Waals surface area (Å²) >= 11 is 0. The molecule has 7 N–H and O–H groups in total. The molecule has 0 spiro atoms. The summed E-state index contributed by atoms with van der Waals surface area (Å²) in [5.41, 5.74) is 11.2. The number of ether oxygens (including phenoxy) is 2. The fourth-order valence-corrected chi connectivity index (χ4v) is 6.14. The molecule has 2 unspecified atom stereocenters. The molecule has 4 aromatic heterocycles. The Balaban J connectivity index is 1.12. The van der Waals surface area contributed by atoms with E-state index in [4.69, 9.17) is 39.4 Å². The van der Waals surface area contributed by atoms with Gasteiger partial charge in [-0.05, 0) is 0 Å². The predicted molar refractivity (Wildman–Crippen MR) is 143 cm³/mol. The highest BCUT2D eigenvalue weighted by Gasteiger charge is 2.48. The van der Waals surface area contributed by atoms with Gasteiger partial charge >= 0.3 is 16.5 Å². The zero-order valence-electron chi connectivity index (χ0n) is 21.7. The lowest BCUT2D eigenvalue weighted by Crippen LogP contribution is -2.35. The molecule has 6 heterocycles. The number of nitrogens with one attached hydrogen (secondary N) is 1. The lowest BCUT2D eigenvalue weighted by Gasteiger charge is -2.21. The molecule has 2 aliphatic rings. The van der Waals surface area contributed by atoms with Gasteiger partial charge in [0.05, 0.1) is 32.0 Å². The van der Waals surface area contributed by atoms with E-state index in [0.717, 1.165) is 0 Å². The van der Waals surface area contributed by atoms with E-state index in [1.54, 1.807) is 0 Å². The van der Waals surface area contributed by atoms with Gasteiger partial charge in [-0.1, -0.05) is 0 Å². The maximum Gasteiger partial charge on any atom is 0.319 e. The number of imidazole rings is 2. The van der Waals surface area contributed by atoms with Crippen molar-refractivity contribution in [2.75, 3.05) is 24.7 Å². The van der Waals surface area contributed by atoms with Crippen molar-refractivity contribution in [3.8, 4) is 0 Å². The van der Waals surface area contributed by atoms with E-state index < -0.39 is 71.7 Å². The lowest BCUT2D eigenvalue weighted by molar-refractivity contribution is -0.0476. The largest absolute Gasteiger partial charge is 0.386 e. The third kappa shape index (κ3) is 5.78. The number of nitrogens with zero attached hydrogens (tertiary/aromatic N) is 7. The van der Waals surface area contributed by atoms with Crippen LogP contribution in [0.4, 0.5) is 16.2 Å². The summed E-state index contributed by atoms with van der Waals surface area (Å²) < 4.78 is 68.6. The minimum Gasteiger partial charge on any atom is -0.386 e. The average molecular weight is 646 g/mol. The standard InChI is InChI=1S/C20H25FN10O10P2/c21-8-1-7(39-18(8)30-5-26-10-14(22)24-4-25-15(10)30)2-38-43(36)41-13-9(3-37-42(34)35)40-19(12(13)32)31-6-27-11-16(31)28-20(23)29-17(11)33/h4-9,12-13,18-19,32,42-43H,1-3H2,(H,34,35)(H2,22,24,25)(H3,23,28,29,33)/t7-,8+,9+,12+,13+,18+,19+/m0/s1. The van der Waals surface area contributed by atoms with Crippen molar-refractivity contribution in [1.29, 1.82) is 0 Å². The second-order valence-electron chi connectivity index (χ2n) is 9.53. The van der Waals surface area contributed by atoms with Crippen molar-refractivity contribution in [3.63, 3.8) is 0 Å². The summed E-state index contributed by atoms with van der Waals surface area (Å²) in [5.74, 6) is -0.0965. The van der Waals surface area contributed by atoms with Crippen molar-refractivity contribution in [2.24, 2.45) is 0 Å². The number of rotatable bonds is 10. The van der Waals surface area contributed by atoms with Gasteiger partial charge in [-0.3, -0.25) is 28.0 Å². The molecule has 43 heavy (non-hydrogen) atoms. The number of aromatic nitrogens is 8. The highest BCUT2D eigenvalue weighted by Crippen LogP contribution is 2.41. The minimum atomic E-state index is -3.41. The molecule has 0 amide bonds. The van der Waals surface area contributed by atoms with Crippen molar-refractivity contribution in [1.82, 2.24) is 39.0 Å². The Bertz CT molecular complexity index is 1750. The second kappa shape index (κ2) is 11.9. The normalized spacial score (nSPS) is 29.0. The highest BCUT2D eigenvalue weighted by atomic mass is 31.1. The second-order valence-corrected chi connectivity index (χ2v) is 11.4. The Morgan fingerprint density at radius 1 is 1.05 bits per heavy atom. The van der Waals surface area contributed by atoms with Gasteiger partial charge in [0.2, 0.25) is 5.95 Å². The topological polar surface area (TPSA) is 280 Å². The Morgan fingerprint density at radius 3 is 2.56 bits per heavy atom. The third-order valence-corrected chi connectivity index (χ3v) is 8.10. The molecule has 0 aromatic carbocycles. The maximum absolute atomic E-state index is 14.9. The molecule has 0 aliphatic carbocycles. The van der Waals surface area contributed by atoms with Gasteiger partial charge in [-0.25, -0.2) is 24.3 Å². The highest BCUT2D eigenvalue weighted by molar-refractivity contribution is 7.33. The molecule has 23 heteroatoms. The molecule has 0 bridgehead atoms. The number of hydrogen-bond donors (Lipinski definition) is 5. The van der Waals surface area contributed by atoms with Gasteiger partial charge < -0.3 is 44.5 Å². The quantitative estimate of drug-likeness (QED) is 0.132. The number of aliphatic hydroxyl groups is 1. The summed E-state index contributed by atoms with van der Waals surface area (Å²) in [6, 6.07) is 0. The van der Waals surface area contributed by atoms with Crippen LogP contribution in [0.2, 0.25) is 0 Å². The van der Waals surface area contributed by atoms with E-state index in [9.17, 15) is 23.4 Å². The summed E-state index contributed by atoms with van der Waals surface area (Å²) in [4.78, 5) is 43.6. The number of halogens is 1. The number of H-pyrrole nitrogens is 1. The lowest BCUT2D eigenvalue weighted by atomic mass is 10.1. The molecule has 2 aliphatic heterocycles. The number of hydrogen-bond acceptors (Lipinski definition) is 16. The van der Waals surface area contributed by atoms with E-state index in [2.05, 4.69) is 29.9 Å². The zero-order chi connectivity index (χ0) is 30.4. The molecule has 232 valence electrons. The van der Waals surface area contributed by atoms with Crippen LogP contribution in [0.15, 0.2) is 23.8 Å². The van der Waals surface area contributed by atoms with Crippen LogP contribution < -0.4 is 17.0 Å². The summed E-state index contributed by atoms with van der Waals surface area (Å²) in [7, 11) is -6.80. The molecular formula is C20H25FN10O10P2. The Morgan fingerprint density at radius 2 is 1.79 bits per heavy atom. The van der Waals surface area contributed by atoms with Gasteiger partial charge in [0.25, 0.3) is 5.56 Å². The SMILES string of the molecule is Nc1nc2c(ncn2[C@@H]2O[C@H](CO[PH](=O)O)[C@@H](O[PH](=O)OC[C@@H]3C[C@@H](F)[C@H](n4cnc5c(N)ncnc54)O3)[C@H]2O)c(=O)[nH]1. The molecule has 6 rings (SSSR count). The van der Waals surface area contributed by atoms with E-state index in [1.165, 1.54) is 28.1 Å². The van der Waals surface area contributed by atoms with E-state index in [-0.39, 0.29) is 47.1 Å². The van der Waals surface area contributed by atoms with Gasteiger partial charge in [-0.15, -0.1) is 0 Å². The first-order valence-electron chi connectivity index (χ1n) is 12.6. The molecule has 4 aromatic rings. The van der Waals surface area contributed by atoms with Crippen LogP contribution in [0, 0.1) is 0 Å². The predicted octanol–water partition coefficient (Wildman–Crippen LogP) is -0.802. The van der Waals surface area contributed by atoms with Crippen LogP contribution in [0.3, 0.4) is 0 Å². The molecule has 20 nitrogen and oxygen atoms in total. The molecule has 9 atom stereocenters. The number of aliphatic hydroxyl groups excluding tert-OH is 1. The van der Waals surface area contributed by atoms with E-state index >= 15 is 0 Å². The summed E-state index contributed by atoms with van der Waals surface area (Å²) in [5, 5.41) is 11.1. The van der Waals surface area contributed by atoms with Crippen LogP contribution in [-0.2, 0) is 32.2 Å². The van der Waals surface area contributed by atoms with Crippen molar-refractivity contribution >= 4 is 50.6 Å². The number of nitrogen functional groups attached to an aromatic ring is 2. The van der Waals surface area contributed by atoms with Crippen molar-refractivity contribution in [2.45, 2.75) is 49.5 Å². The van der Waals surface area contributed by atoms with Gasteiger partial charge in [0, 0.05) is 6.42 Å². The Hall–Kier alpha value is -3.39. The molecule has 2 fully saturated rings. The number of nitrogens with two attached hydrogens (primary N) is 2. The number of aromatic amines is 1. The smallest absolute Gasteiger partial charge is 0.319 e. The number of anilines is 2. The van der Waals surface area contributed by atoms with Crippen molar-refractivity contribution < 1.29 is 46.6 Å². The Kier molecular flexibility index (Phi) is 8.24. The van der Waals surface area contributed by atoms with Gasteiger partial charge in [-0.2, -0.15) is 4.98 Å². The van der Waals surface area contributed by atoms with Crippen LogP contribution in [-0.4, -0.2) is 92.8 Å². The zero-order valence-corrected chi connectivity index (χ0v) is 23.7. The maximum atomic E-state index is 14.9. The fraction of sp³-hybridized carbons (Fsp3) is 0.500. The molecule has 2 saturated heterocycles. The van der Waals surface area contributed by atoms with E-state index in [0.29, 0.717) is 0 Å². The fourth-order valence-electron chi connectivity index (χ4n) is 4.93. The average Bonchev–Trinajstić information content (AvgIpc) is 3.72. The number of fused-ring (bicyclic) bond motifs is 2. The van der Waals surface area contributed by atoms with Gasteiger partial charge in [0.1, 0.15) is 36.3 Å². The molecule has 0 saturated carbocycles. The summed E-state index contributed by atoms with van der Waals surface area (Å²) in [6.07, 6.45) is -5.33. The van der Waals surface area contributed by atoms with Crippen LogP contribution in [0.5, 0.6) is 0 Å². The van der Waals surface area contributed by atoms with Crippen LogP contribution in [0.1, 0.15) is 18.9 Å². The first-order chi connectivity index (χ1) is 20.6. The molecule has 0 radical (unpaired) electrons. The van der Waals surface area contributed by atoms with Crippen LogP contribution >= 0.6 is 16.5 Å². The Labute approximate surface area is 240 Å². The first kappa shape index (κ1) is 29.7. The minimum absolute atomic E-state index is 0.0289.